The normalized spacial score (nSPS) is 21.7. The van der Waals surface area contributed by atoms with Gasteiger partial charge in [-0.15, -0.1) is 0 Å². The van der Waals surface area contributed by atoms with Crippen molar-refractivity contribution in [2.75, 3.05) is 0 Å². The minimum Gasteiger partial charge on any atom is -0.0886 e. The van der Waals surface area contributed by atoms with Crippen LogP contribution in [0.3, 0.4) is 0 Å². The SMILES string of the molecule is C[Si](C)(C)C1=C(Cl)C(CC2C(Cl)=C([Si](C)(C)C)c3ccccc32)c2ccccc21. The number of hydrogen-bond donors (Lipinski definition) is 0. The second kappa shape index (κ2) is 7.27. The molecular formula is C25H30Cl2Si2. The second-order valence-corrected chi connectivity index (χ2v) is 21.3. The van der Waals surface area contributed by atoms with E-state index in [1.165, 1.54) is 32.6 Å². The number of hydrogen-bond acceptors (Lipinski definition) is 0. The van der Waals surface area contributed by atoms with Crippen molar-refractivity contribution in [3.63, 3.8) is 0 Å². The fourth-order valence-corrected chi connectivity index (χ4v) is 11.3. The number of fused-ring (bicyclic) bond motifs is 2. The van der Waals surface area contributed by atoms with Gasteiger partial charge in [0.1, 0.15) is 0 Å². The predicted octanol–water partition coefficient (Wildman–Crippen LogP) is 8.63. The molecule has 0 heterocycles. The van der Waals surface area contributed by atoms with Gasteiger partial charge >= 0.3 is 0 Å². The van der Waals surface area contributed by atoms with E-state index in [0.29, 0.717) is 0 Å². The molecule has 0 fully saturated rings. The first-order valence-corrected chi connectivity index (χ1v) is 18.3. The second-order valence-electron chi connectivity index (χ2n) is 10.5. The van der Waals surface area contributed by atoms with Crippen molar-refractivity contribution in [2.24, 2.45) is 0 Å². The average Bonchev–Trinajstić information content (AvgIpc) is 3.06. The third-order valence-electron chi connectivity index (χ3n) is 6.27. The molecule has 0 bridgehead atoms. The molecule has 0 aromatic heterocycles. The van der Waals surface area contributed by atoms with E-state index in [1.807, 2.05) is 0 Å². The van der Waals surface area contributed by atoms with Crippen LogP contribution in [-0.2, 0) is 0 Å². The summed E-state index contributed by atoms with van der Waals surface area (Å²) in [5, 5.41) is 4.98. The minimum absolute atomic E-state index is 0.238. The van der Waals surface area contributed by atoms with Crippen LogP contribution in [0.15, 0.2) is 58.6 Å². The van der Waals surface area contributed by atoms with Gasteiger partial charge in [0.25, 0.3) is 0 Å². The molecule has 0 aliphatic heterocycles. The first kappa shape index (κ1) is 21.2. The van der Waals surface area contributed by atoms with Crippen LogP contribution < -0.4 is 0 Å². The summed E-state index contributed by atoms with van der Waals surface area (Å²) in [5.41, 5.74) is 5.52. The molecule has 2 unspecified atom stereocenters. The van der Waals surface area contributed by atoms with E-state index in [-0.39, 0.29) is 11.8 Å². The number of halogens is 2. The molecule has 4 rings (SSSR count). The molecule has 2 aliphatic rings. The van der Waals surface area contributed by atoms with Crippen molar-refractivity contribution in [3.8, 4) is 0 Å². The third-order valence-corrected chi connectivity index (χ3v) is 11.6. The maximum Gasteiger partial charge on any atom is 0.0799 e. The van der Waals surface area contributed by atoms with Gasteiger partial charge < -0.3 is 0 Å². The molecule has 2 atom stereocenters. The van der Waals surface area contributed by atoms with E-state index in [2.05, 4.69) is 87.8 Å². The Morgan fingerprint density at radius 3 is 1.31 bits per heavy atom. The van der Waals surface area contributed by atoms with Gasteiger partial charge in [-0.05, 0) is 39.1 Å². The molecule has 0 nitrogen and oxygen atoms in total. The van der Waals surface area contributed by atoms with Gasteiger partial charge in [0, 0.05) is 21.9 Å². The Kier molecular flexibility index (Phi) is 5.31. The van der Waals surface area contributed by atoms with Gasteiger partial charge in [-0.3, -0.25) is 0 Å². The van der Waals surface area contributed by atoms with Crippen LogP contribution in [0.25, 0.3) is 10.4 Å². The molecule has 0 saturated carbocycles. The molecule has 0 amide bonds. The van der Waals surface area contributed by atoms with Crippen LogP contribution in [-0.4, -0.2) is 16.1 Å². The van der Waals surface area contributed by atoms with Gasteiger partial charge in [-0.25, -0.2) is 0 Å². The number of rotatable bonds is 4. The zero-order valence-corrected chi connectivity index (χ0v) is 21.7. The molecule has 4 heteroatoms. The molecular weight excluding hydrogens is 427 g/mol. The van der Waals surface area contributed by atoms with E-state index in [9.17, 15) is 0 Å². The summed E-state index contributed by atoms with van der Waals surface area (Å²) < 4.78 is 0. The van der Waals surface area contributed by atoms with Crippen molar-refractivity contribution < 1.29 is 0 Å². The topological polar surface area (TPSA) is 0 Å². The molecule has 152 valence electrons. The minimum atomic E-state index is -1.56. The molecule has 29 heavy (non-hydrogen) atoms. The Labute approximate surface area is 187 Å². The molecule has 2 aliphatic carbocycles. The number of allylic oxidation sites excluding steroid dienone is 2. The largest absolute Gasteiger partial charge is 0.0886 e. The van der Waals surface area contributed by atoms with Gasteiger partial charge in [0.2, 0.25) is 0 Å². The van der Waals surface area contributed by atoms with Crippen molar-refractivity contribution in [1.82, 2.24) is 0 Å². The van der Waals surface area contributed by atoms with Crippen LogP contribution >= 0.6 is 23.2 Å². The summed E-state index contributed by atoms with van der Waals surface area (Å²) >= 11 is 14.3. The average molecular weight is 458 g/mol. The summed E-state index contributed by atoms with van der Waals surface area (Å²) in [4.78, 5) is 0. The van der Waals surface area contributed by atoms with Gasteiger partial charge in [0.05, 0.1) is 16.1 Å². The highest BCUT2D eigenvalue weighted by Gasteiger charge is 2.41. The van der Waals surface area contributed by atoms with Gasteiger partial charge in [0.15, 0.2) is 0 Å². The smallest absolute Gasteiger partial charge is 0.0799 e. The highest BCUT2D eigenvalue weighted by molar-refractivity contribution is 6.95. The molecule has 0 N–H and O–H groups in total. The van der Waals surface area contributed by atoms with E-state index in [4.69, 9.17) is 23.2 Å². The quantitative estimate of drug-likeness (QED) is 0.403. The molecule has 0 radical (unpaired) electrons. The van der Waals surface area contributed by atoms with Gasteiger partial charge in [-0.1, -0.05) is 111 Å². The van der Waals surface area contributed by atoms with Crippen molar-refractivity contribution >= 4 is 49.7 Å². The van der Waals surface area contributed by atoms with E-state index < -0.39 is 16.1 Å². The summed E-state index contributed by atoms with van der Waals surface area (Å²) in [6.45, 7) is 14.4. The highest BCUT2D eigenvalue weighted by atomic mass is 35.5. The lowest BCUT2D eigenvalue weighted by Gasteiger charge is -2.22. The van der Waals surface area contributed by atoms with E-state index in [1.54, 1.807) is 0 Å². The maximum atomic E-state index is 7.14. The lowest BCUT2D eigenvalue weighted by molar-refractivity contribution is 0.672. The van der Waals surface area contributed by atoms with Crippen molar-refractivity contribution in [1.29, 1.82) is 0 Å². The fraction of sp³-hybridized carbons (Fsp3) is 0.360. The Morgan fingerprint density at radius 2 is 0.966 bits per heavy atom. The highest BCUT2D eigenvalue weighted by Crippen LogP contribution is 2.56. The monoisotopic (exact) mass is 456 g/mol. The molecule has 2 aromatic carbocycles. The van der Waals surface area contributed by atoms with Crippen LogP contribution in [0.2, 0.25) is 39.3 Å². The zero-order valence-electron chi connectivity index (χ0n) is 18.2. The third kappa shape index (κ3) is 3.52. The van der Waals surface area contributed by atoms with Crippen LogP contribution in [0.4, 0.5) is 0 Å². The summed E-state index contributed by atoms with van der Waals surface area (Å²) in [6, 6.07) is 17.7. The first-order valence-electron chi connectivity index (χ1n) is 10.5. The van der Waals surface area contributed by atoms with Crippen LogP contribution in [0, 0.1) is 0 Å². The summed E-state index contributed by atoms with van der Waals surface area (Å²) in [5.74, 6) is 0.477. The summed E-state index contributed by atoms with van der Waals surface area (Å²) in [7, 11) is -3.12. The Balaban J connectivity index is 1.82. The van der Waals surface area contributed by atoms with Crippen LogP contribution in [0.5, 0.6) is 0 Å². The lowest BCUT2D eigenvalue weighted by Crippen LogP contribution is -2.22. The number of benzene rings is 2. The summed E-state index contributed by atoms with van der Waals surface area (Å²) in [6.07, 6.45) is 0.952. The molecule has 0 saturated heterocycles. The maximum absolute atomic E-state index is 7.14. The molecule has 2 aromatic rings. The van der Waals surface area contributed by atoms with Crippen molar-refractivity contribution in [2.45, 2.75) is 57.5 Å². The Morgan fingerprint density at radius 1 is 0.621 bits per heavy atom. The lowest BCUT2D eigenvalue weighted by atomic mass is 9.87. The van der Waals surface area contributed by atoms with E-state index >= 15 is 0 Å². The predicted molar refractivity (Wildman–Crippen MR) is 135 cm³/mol. The first-order chi connectivity index (χ1) is 13.5. The Hall–Kier alpha value is -1.07. The van der Waals surface area contributed by atoms with Gasteiger partial charge in [-0.2, -0.15) is 0 Å². The zero-order chi connectivity index (χ0) is 21.1. The standard InChI is InChI=1S/C25H30Cl2Si2/c1-28(2,3)24-18-13-9-7-11-16(18)20(22(24)26)15-21-17-12-8-10-14-19(17)25(23(21)27)29(4,5)6/h7-14,20-21H,15H2,1-6H3. The van der Waals surface area contributed by atoms with Crippen molar-refractivity contribution in [3.05, 3.63) is 80.8 Å². The molecule has 0 spiro atoms. The van der Waals surface area contributed by atoms with Crippen LogP contribution in [0.1, 0.15) is 40.5 Å². The fourth-order valence-electron chi connectivity index (χ4n) is 5.16. The Bertz CT molecular complexity index is 952. The van der Waals surface area contributed by atoms with E-state index in [0.717, 1.165) is 16.5 Å².